The Bertz CT molecular complexity index is 1530. The van der Waals surface area contributed by atoms with Crippen LogP contribution in [-0.4, -0.2) is 60.0 Å². The van der Waals surface area contributed by atoms with Crippen LogP contribution in [0.1, 0.15) is 65.5 Å². The van der Waals surface area contributed by atoms with Crippen molar-refractivity contribution in [1.29, 1.82) is 0 Å². The molecule has 0 radical (unpaired) electrons. The van der Waals surface area contributed by atoms with E-state index < -0.39 is 24.4 Å². The molecule has 246 valence electrons. The molecule has 3 aromatic carbocycles. The van der Waals surface area contributed by atoms with Crippen LogP contribution in [0.2, 0.25) is 0 Å². The fraction of sp³-hybridized carbons (Fsp3) is 0.444. The van der Waals surface area contributed by atoms with Crippen molar-refractivity contribution in [1.82, 2.24) is 15.5 Å². The van der Waals surface area contributed by atoms with Crippen LogP contribution in [0.5, 0.6) is 5.75 Å². The van der Waals surface area contributed by atoms with Crippen LogP contribution < -0.4 is 15.4 Å². The van der Waals surface area contributed by atoms with Gasteiger partial charge in [-0.05, 0) is 77.5 Å². The number of likely N-dealkylation sites (tertiary alicyclic amines) is 1. The summed E-state index contributed by atoms with van der Waals surface area (Å²) in [4.78, 5) is 29.1. The minimum Gasteiger partial charge on any atom is -0.406 e. The summed E-state index contributed by atoms with van der Waals surface area (Å²) in [5.41, 5.74) is 2.43. The van der Waals surface area contributed by atoms with Crippen molar-refractivity contribution in [2.45, 2.75) is 65.1 Å². The molecule has 2 amide bonds. The number of fused-ring (bicyclic) bond motifs is 2. The fourth-order valence-electron chi connectivity index (χ4n) is 6.92. The molecule has 0 spiro atoms. The second kappa shape index (κ2) is 13.5. The van der Waals surface area contributed by atoms with Gasteiger partial charge >= 0.3 is 6.36 Å². The molecule has 2 fully saturated rings. The number of amides is 2. The summed E-state index contributed by atoms with van der Waals surface area (Å²) in [6.45, 7) is 8.50. The first-order valence-corrected chi connectivity index (χ1v) is 15.7. The first-order chi connectivity index (χ1) is 21.7. The van der Waals surface area contributed by atoms with Gasteiger partial charge in [0.05, 0.1) is 12.1 Å². The third-order valence-corrected chi connectivity index (χ3v) is 10.2. The van der Waals surface area contributed by atoms with E-state index in [0.717, 1.165) is 18.4 Å². The average Bonchev–Trinajstić information content (AvgIpc) is 3.12. The molecule has 4 atom stereocenters. The molecule has 1 saturated heterocycles. The lowest BCUT2D eigenvalue weighted by Crippen LogP contribution is -2.53. The zero-order chi connectivity index (χ0) is 33.1. The Labute approximate surface area is 268 Å². The normalized spacial score (nSPS) is 21.8. The van der Waals surface area contributed by atoms with E-state index in [1.165, 1.54) is 18.2 Å². The molecular formula is C36H42F3N3O4. The minimum atomic E-state index is -4.79. The molecule has 7 nitrogen and oxygen atoms in total. The van der Waals surface area contributed by atoms with Gasteiger partial charge in [-0.1, -0.05) is 69.3 Å². The molecule has 1 saturated carbocycles. The van der Waals surface area contributed by atoms with Gasteiger partial charge in [0.1, 0.15) is 5.75 Å². The number of aliphatic hydroxyl groups is 1. The molecule has 10 heteroatoms. The van der Waals surface area contributed by atoms with E-state index in [0.29, 0.717) is 42.1 Å². The van der Waals surface area contributed by atoms with Crippen molar-refractivity contribution < 1.29 is 32.6 Å². The van der Waals surface area contributed by atoms with Gasteiger partial charge in [0, 0.05) is 37.3 Å². The maximum atomic E-state index is 13.6. The topological polar surface area (TPSA) is 90.9 Å². The monoisotopic (exact) mass is 637 g/mol. The third-order valence-electron chi connectivity index (χ3n) is 10.2. The van der Waals surface area contributed by atoms with E-state index in [4.69, 9.17) is 0 Å². The van der Waals surface area contributed by atoms with E-state index >= 15 is 0 Å². The molecule has 0 aromatic heterocycles. The Morgan fingerprint density at radius 3 is 2.39 bits per heavy atom. The van der Waals surface area contributed by atoms with Gasteiger partial charge < -0.3 is 25.4 Å². The van der Waals surface area contributed by atoms with Crippen molar-refractivity contribution in [3.63, 3.8) is 0 Å². The number of carbonyl (C=O) groups is 2. The minimum absolute atomic E-state index is 0.0506. The summed E-state index contributed by atoms with van der Waals surface area (Å²) < 4.78 is 41.8. The number of hydrogen-bond donors (Lipinski definition) is 3. The quantitative estimate of drug-likeness (QED) is 0.241. The number of alkyl halides is 3. The van der Waals surface area contributed by atoms with Crippen LogP contribution in [0, 0.1) is 16.7 Å². The summed E-state index contributed by atoms with van der Waals surface area (Å²) in [6.07, 6.45) is -3.28. The lowest BCUT2D eigenvalue weighted by atomic mass is 9.63. The first kappa shape index (κ1) is 33.5. The first-order valence-electron chi connectivity index (χ1n) is 15.7. The third kappa shape index (κ3) is 7.73. The van der Waals surface area contributed by atoms with Crippen LogP contribution >= 0.6 is 0 Å². The predicted molar refractivity (Wildman–Crippen MR) is 169 cm³/mol. The van der Waals surface area contributed by atoms with Gasteiger partial charge in [0.2, 0.25) is 0 Å². The van der Waals surface area contributed by atoms with Crippen LogP contribution in [0.3, 0.4) is 0 Å². The number of aliphatic hydroxyl groups excluding tert-OH is 1. The lowest BCUT2D eigenvalue weighted by molar-refractivity contribution is -0.274. The molecule has 1 heterocycles. The van der Waals surface area contributed by atoms with E-state index in [1.807, 2.05) is 35.2 Å². The number of halogens is 3. The second-order valence-electron chi connectivity index (χ2n) is 13.4. The summed E-state index contributed by atoms with van der Waals surface area (Å²) in [5, 5.41) is 17.2. The number of nitrogens with one attached hydrogen (secondary N) is 2. The number of benzene rings is 3. The van der Waals surface area contributed by atoms with Crippen molar-refractivity contribution in [2.75, 3.05) is 19.6 Å². The molecule has 46 heavy (non-hydrogen) atoms. The van der Waals surface area contributed by atoms with Gasteiger partial charge in [-0.25, -0.2) is 0 Å². The maximum absolute atomic E-state index is 13.6. The number of nitrogens with zero attached hydrogens (tertiary/aromatic N) is 1. The molecule has 3 aromatic rings. The second-order valence-corrected chi connectivity index (χ2v) is 13.4. The molecule has 4 unspecified atom stereocenters. The summed E-state index contributed by atoms with van der Waals surface area (Å²) in [7, 11) is 0. The van der Waals surface area contributed by atoms with Crippen molar-refractivity contribution in [3.05, 3.63) is 101 Å². The zero-order valence-corrected chi connectivity index (χ0v) is 26.4. The maximum Gasteiger partial charge on any atom is 0.573 e. The Hall–Kier alpha value is -3.89. The molecule has 1 aliphatic heterocycles. The Morgan fingerprint density at radius 2 is 1.67 bits per heavy atom. The van der Waals surface area contributed by atoms with Crippen LogP contribution in [0.15, 0.2) is 78.9 Å². The van der Waals surface area contributed by atoms with Gasteiger partial charge in [-0.2, -0.15) is 0 Å². The Balaban J connectivity index is 1.24. The fourth-order valence-corrected chi connectivity index (χ4v) is 6.92. The number of carbonyl (C=O) groups excluding carboxylic acids is 2. The van der Waals surface area contributed by atoms with E-state index in [-0.39, 0.29) is 35.6 Å². The Kier molecular flexibility index (Phi) is 9.79. The van der Waals surface area contributed by atoms with Gasteiger partial charge in [0.15, 0.2) is 0 Å². The van der Waals surface area contributed by atoms with Gasteiger partial charge in [0.25, 0.3) is 11.8 Å². The van der Waals surface area contributed by atoms with Crippen LogP contribution in [0.25, 0.3) is 0 Å². The molecule has 2 bridgehead atoms. The number of rotatable bonds is 11. The highest BCUT2D eigenvalue weighted by Crippen LogP contribution is 2.59. The zero-order valence-electron chi connectivity index (χ0n) is 26.4. The molecule has 3 N–H and O–H groups in total. The highest BCUT2D eigenvalue weighted by atomic mass is 19.4. The molecular weight excluding hydrogens is 595 g/mol. The number of piperidine rings is 1. The highest BCUT2D eigenvalue weighted by molar-refractivity contribution is 6.00. The summed E-state index contributed by atoms with van der Waals surface area (Å²) >= 11 is 0. The van der Waals surface area contributed by atoms with Gasteiger partial charge in [-0.3, -0.25) is 9.59 Å². The van der Waals surface area contributed by atoms with Crippen LogP contribution in [0.4, 0.5) is 13.2 Å². The molecule has 2 aliphatic rings. The summed E-state index contributed by atoms with van der Waals surface area (Å²) in [5.74, 6) is -0.392. The molecule has 1 aliphatic carbocycles. The number of hydrogen-bond acceptors (Lipinski definition) is 5. The SMILES string of the molecule is CC12CCC(CN(C(=O)c3cccc(C(=O)NC(Cc4ccccc4)C(O)CNCc4cccc(OC(F)(F)F)c4)c3)C1)C2(C)C. The van der Waals surface area contributed by atoms with E-state index in [2.05, 4.69) is 36.1 Å². The summed E-state index contributed by atoms with van der Waals surface area (Å²) in [6, 6.07) is 21.0. The standard InChI is InChI=1S/C36H42F3N3O4/c1-34(2)28-15-16-35(34,3)23-42(22-28)33(45)27-13-8-12-26(19-27)32(44)41-30(18-24-9-5-4-6-10-24)31(43)21-40-20-25-11-7-14-29(17-25)46-36(37,38)39/h4-14,17,19,28,30-31,40,43H,15-16,18,20-23H2,1-3H3,(H,41,44). The van der Waals surface area contributed by atoms with E-state index in [1.54, 1.807) is 30.3 Å². The van der Waals surface area contributed by atoms with Crippen molar-refractivity contribution in [2.24, 2.45) is 16.7 Å². The highest BCUT2D eigenvalue weighted by Gasteiger charge is 2.56. The smallest absolute Gasteiger partial charge is 0.406 e. The lowest BCUT2D eigenvalue weighted by Gasteiger charge is -2.50. The van der Waals surface area contributed by atoms with Gasteiger partial charge in [-0.15, -0.1) is 13.2 Å². The molecule has 5 rings (SSSR count). The number of ether oxygens (including phenoxy) is 1. The Morgan fingerprint density at radius 1 is 0.978 bits per heavy atom. The van der Waals surface area contributed by atoms with Crippen LogP contribution in [-0.2, 0) is 13.0 Å². The largest absolute Gasteiger partial charge is 0.573 e. The average molecular weight is 638 g/mol. The van der Waals surface area contributed by atoms with E-state index in [9.17, 15) is 27.9 Å². The predicted octanol–water partition coefficient (Wildman–Crippen LogP) is 5.98. The van der Waals surface area contributed by atoms with Crippen molar-refractivity contribution in [3.8, 4) is 5.75 Å². The van der Waals surface area contributed by atoms with Crippen molar-refractivity contribution >= 4 is 11.8 Å².